The second-order valence-corrected chi connectivity index (χ2v) is 13.1. The third-order valence-corrected chi connectivity index (χ3v) is 9.30. The van der Waals surface area contributed by atoms with Crippen molar-refractivity contribution >= 4 is 45.2 Å². The molecule has 0 spiro atoms. The van der Waals surface area contributed by atoms with Gasteiger partial charge in [0.25, 0.3) is 0 Å². The van der Waals surface area contributed by atoms with Gasteiger partial charge in [0.15, 0.2) is 5.82 Å². The van der Waals surface area contributed by atoms with E-state index in [9.17, 15) is 24.3 Å². The van der Waals surface area contributed by atoms with Crippen molar-refractivity contribution in [3.8, 4) is 17.1 Å². The highest BCUT2D eigenvalue weighted by Crippen LogP contribution is 2.23. The molecule has 14 nitrogen and oxygen atoms in total. The number of hydrogen-bond donors (Lipinski definition) is 5. The van der Waals surface area contributed by atoms with E-state index in [4.69, 9.17) is 4.74 Å². The van der Waals surface area contributed by atoms with Gasteiger partial charge in [0.05, 0.1) is 34.4 Å². The fourth-order valence-corrected chi connectivity index (χ4v) is 6.54. The van der Waals surface area contributed by atoms with E-state index in [0.717, 1.165) is 26.4 Å². The highest BCUT2D eigenvalue weighted by Gasteiger charge is 2.29. The van der Waals surface area contributed by atoms with Gasteiger partial charge in [0.2, 0.25) is 23.6 Å². The van der Waals surface area contributed by atoms with Gasteiger partial charge in [-0.15, -0.1) is 11.3 Å². The molecule has 2 aromatic heterocycles. The van der Waals surface area contributed by atoms with Crippen LogP contribution in [0.15, 0.2) is 78.9 Å². The summed E-state index contributed by atoms with van der Waals surface area (Å²) in [5.41, 5.74) is 2.31. The molecule has 0 radical (unpaired) electrons. The van der Waals surface area contributed by atoms with Gasteiger partial charge in [-0.25, -0.2) is 14.6 Å². The van der Waals surface area contributed by atoms with E-state index in [1.54, 1.807) is 31.2 Å². The number of aryl methyl sites for hydroxylation is 1. The van der Waals surface area contributed by atoms with Crippen molar-refractivity contribution in [2.24, 2.45) is 0 Å². The number of aliphatic hydroxyl groups is 1. The molecular formula is C36H38N8O6S. The molecule has 7 rings (SSSR count). The smallest absolute Gasteiger partial charge is 0.245 e. The number of amides is 4. The van der Waals surface area contributed by atoms with Crippen molar-refractivity contribution in [3.63, 3.8) is 0 Å². The molecule has 264 valence electrons. The lowest BCUT2D eigenvalue weighted by Crippen LogP contribution is -2.56. The van der Waals surface area contributed by atoms with Gasteiger partial charge in [-0.05, 0) is 36.8 Å². The lowest BCUT2D eigenvalue weighted by molar-refractivity contribution is -0.133. The molecule has 0 saturated carbocycles. The number of carbonyl (C=O) groups is 4. The van der Waals surface area contributed by atoms with Gasteiger partial charge >= 0.3 is 0 Å². The fourth-order valence-electron chi connectivity index (χ4n) is 5.58. The second kappa shape index (κ2) is 16.4. The van der Waals surface area contributed by atoms with Crippen molar-refractivity contribution in [1.29, 1.82) is 0 Å². The highest BCUT2D eigenvalue weighted by atomic mass is 32.1. The van der Waals surface area contributed by atoms with Crippen LogP contribution in [0.25, 0.3) is 21.6 Å². The van der Waals surface area contributed by atoms with E-state index in [0.29, 0.717) is 23.8 Å². The van der Waals surface area contributed by atoms with Gasteiger partial charge in [-0.3, -0.25) is 19.2 Å². The zero-order valence-corrected chi connectivity index (χ0v) is 28.7. The third-order valence-electron chi connectivity index (χ3n) is 8.20. The average molecular weight is 711 g/mol. The van der Waals surface area contributed by atoms with Gasteiger partial charge in [-0.1, -0.05) is 54.6 Å². The van der Waals surface area contributed by atoms with Crippen LogP contribution in [0.1, 0.15) is 35.8 Å². The zero-order valence-electron chi connectivity index (χ0n) is 27.9. The predicted octanol–water partition coefficient (Wildman–Crippen LogP) is 2.08. The van der Waals surface area contributed by atoms with Gasteiger partial charge in [-0.2, -0.15) is 5.10 Å². The number of aromatic nitrogens is 4. The first-order valence-corrected chi connectivity index (χ1v) is 17.4. The highest BCUT2D eigenvalue weighted by molar-refractivity contribution is 7.18. The normalized spacial score (nSPS) is 18.9. The van der Waals surface area contributed by atoms with Gasteiger partial charge < -0.3 is 31.1 Å². The Morgan fingerprint density at radius 3 is 2.51 bits per heavy atom. The van der Waals surface area contributed by atoms with E-state index in [-0.39, 0.29) is 44.4 Å². The van der Waals surface area contributed by atoms with Crippen LogP contribution in [0.4, 0.5) is 0 Å². The number of benzene rings is 3. The summed E-state index contributed by atoms with van der Waals surface area (Å²) in [5, 5.41) is 26.6. The summed E-state index contributed by atoms with van der Waals surface area (Å²) in [7, 11) is 0. The zero-order chi connectivity index (χ0) is 35.7. The number of nitrogens with zero attached hydrogens (tertiary/aromatic N) is 4. The second-order valence-electron chi connectivity index (χ2n) is 12.0. The first-order valence-electron chi connectivity index (χ1n) is 16.6. The van der Waals surface area contributed by atoms with E-state index in [1.807, 2.05) is 54.6 Å². The Morgan fingerprint density at radius 1 is 0.980 bits per heavy atom. The molecule has 0 saturated heterocycles. The van der Waals surface area contributed by atoms with Crippen LogP contribution < -0.4 is 26.0 Å². The Balaban J connectivity index is 1.21. The van der Waals surface area contributed by atoms with Crippen molar-refractivity contribution in [1.82, 2.24) is 41.0 Å². The maximum atomic E-state index is 13.7. The fraction of sp³-hybridized carbons (Fsp3) is 0.306. The average Bonchev–Trinajstić information content (AvgIpc) is 3.76. The van der Waals surface area contributed by atoms with Crippen molar-refractivity contribution in [2.45, 2.75) is 50.9 Å². The number of ether oxygens (including phenoxy) is 1. The van der Waals surface area contributed by atoms with E-state index >= 15 is 0 Å². The SMILES string of the molecule is C[C@@H]1NC(=O)[C@H](CO)NC(=O)[C@@H](NC(=O)CCc2nc3ccccc3s2)Cc2ccc(cc2)OCCNC(=O)Cn2nc(-c3ccccc3)nc21. The van der Waals surface area contributed by atoms with Crippen LogP contribution in [-0.2, 0) is 38.6 Å². The maximum Gasteiger partial charge on any atom is 0.245 e. The number of carbonyl (C=O) groups excluding carboxylic acids is 4. The molecule has 15 heteroatoms. The van der Waals surface area contributed by atoms with Crippen LogP contribution in [0.3, 0.4) is 0 Å². The minimum Gasteiger partial charge on any atom is -0.492 e. The first kappa shape index (κ1) is 35.2. The summed E-state index contributed by atoms with van der Waals surface area (Å²) < 4.78 is 8.24. The molecule has 3 atom stereocenters. The van der Waals surface area contributed by atoms with Gasteiger partial charge in [0.1, 0.15) is 36.8 Å². The molecule has 0 unspecified atom stereocenters. The molecular weight excluding hydrogens is 673 g/mol. The van der Waals surface area contributed by atoms with Crippen LogP contribution >= 0.6 is 11.3 Å². The lowest BCUT2D eigenvalue weighted by atomic mass is 10.0. The minimum absolute atomic E-state index is 0.0972. The standard InChI is InChI=1S/C36H38N8O6S/c1-22-34-42-33(24-7-3-2-4-8-24)43-44(34)20-31(47)37-17-18-50-25-13-11-23(12-14-25)19-27(35(48)41-28(21-45)36(49)38-22)39-30(46)15-16-32-40-26-9-5-6-10-29(26)51-32/h2-14,22,27-28,45H,15-21H2,1H3,(H,37,47)(H,38,49)(H,39,46)(H,41,48)/t22-,27-,28-/m0/s1. The molecule has 5 N–H and O–H groups in total. The molecule has 51 heavy (non-hydrogen) atoms. The Hall–Kier alpha value is -5.67. The lowest BCUT2D eigenvalue weighted by Gasteiger charge is -2.23. The quantitative estimate of drug-likeness (QED) is 0.176. The van der Waals surface area contributed by atoms with Gasteiger partial charge in [0, 0.05) is 24.8 Å². The predicted molar refractivity (Wildman–Crippen MR) is 190 cm³/mol. The molecule has 4 heterocycles. The number of aliphatic hydroxyl groups excluding tert-OH is 1. The molecule has 0 fully saturated rings. The molecule has 3 aromatic carbocycles. The summed E-state index contributed by atoms with van der Waals surface area (Å²) in [4.78, 5) is 62.4. The Morgan fingerprint density at radius 2 is 1.75 bits per heavy atom. The summed E-state index contributed by atoms with van der Waals surface area (Å²) in [5.74, 6) is -0.817. The number of nitrogens with one attached hydrogen (secondary N) is 4. The first-order chi connectivity index (χ1) is 24.7. The van der Waals surface area contributed by atoms with Crippen molar-refractivity contribution in [2.75, 3.05) is 19.8 Å². The monoisotopic (exact) mass is 710 g/mol. The molecule has 5 aromatic rings. The van der Waals surface area contributed by atoms with Crippen LogP contribution in [0, 0.1) is 0 Å². The van der Waals surface area contributed by atoms with Crippen LogP contribution in [0.5, 0.6) is 5.75 Å². The maximum absolute atomic E-state index is 13.7. The topological polar surface area (TPSA) is 189 Å². The van der Waals surface area contributed by atoms with Crippen molar-refractivity contribution < 1.29 is 29.0 Å². The van der Waals surface area contributed by atoms with Crippen molar-refractivity contribution in [3.05, 3.63) is 95.3 Å². The van der Waals surface area contributed by atoms with E-state index in [2.05, 4.69) is 36.3 Å². The molecule has 2 aliphatic rings. The summed E-state index contributed by atoms with van der Waals surface area (Å²) >= 11 is 1.51. The molecule has 2 aliphatic heterocycles. The molecule has 0 aliphatic carbocycles. The summed E-state index contributed by atoms with van der Waals surface area (Å²) in [6, 6.07) is 20.8. The number of para-hydroxylation sites is 1. The Kier molecular flexibility index (Phi) is 11.3. The third kappa shape index (κ3) is 9.12. The number of thiazole rings is 1. The number of rotatable bonds is 6. The number of fused-ring (bicyclic) bond motifs is 15. The largest absolute Gasteiger partial charge is 0.492 e. The van der Waals surface area contributed by atoms with E-state index in [1.165, 1.54) is 16.0 Å². The Labute approximate surface area is 297 Å². The van der Waals surface area contributed by atoms with Crippen LogP contribution in [-0.4, -0.2) is 80.3 Å². The number of hydrogen-bond acceptors (Lipinski definition) is 10. The molecule has 2 bridgehead atoms. The van der Waals surface area contributed by atoms with Crippen LogP contribution in [0.2, 0.25) is 0 Å². The molecule has 4 amide bonds. The minimum atomic E-state index is -1.35. The Bertz CT molecular complexity index is 1960. The summed E-state index contributed by atoms with van der Waals surface area (Å²) in [6.07, 6.45) is 0.596. The summed E-state index contributed by atoms with van der Waals surface area (Å²) in [6.45, 7) is 1.21. The van der Waals surface area contributed by atoms with E-state index < -0.39 is 36.5 Å².